The summed E-state index contributed by atoms with van der Waals surface area (Å²) in [6.07, 6.45) is 5.33. The Balaban J connectivity index is 1.61. The van der Waals surface area contributed by atoms with Crippen molar-refractivity contribution < 1.29 is 4.79 Å². The first-order valence-corrected chi connectivity index (χ1v) is 8.18. The standard InChI is InChI=1S/C15H15N5OS/c21-14(13-4-2-8-22-13)19-7-1-3-11(9-19)12-5-6-16-15-17-10-18-20(12)15/h2,4-6,8,10-11H,1,3,7,9H2/t11-/m1/s1. The lowest BCUT2D eigenvalue weighted by Gasteiger charge is -2.32. The van der Waals surface area contributed by atoms with E-state index in [0.717, 1.165) is 36.5 Å². The molecule has 0 spiro atoms. The van der Waals surface area contributed by atoms with Crippen molar-refractivity contribution >= 4 is 23.0 Å². The van der Waals surface area contributed by atoms with Crippen LogP contribution in [0.25, 0.3) is 5.78 Å². The van der Waals surface area contributed by atoms with E-state index in [1.165, 1.54) is 17.7 Å². The summed E-state index contributed by atoms with van der Waals surface area (Å²) in [5, 5.41) is 6.20. The third-order valence-corrected chi connectivity index (χ3v) is 4.93. The predicted molar refractivity (Wildman–Crippen MR) is 83.0 cm³/mol. The molecular weight excluding hydrogens is 298 g/mol. The SMILES string of the molecule is O=C(c1cccs1)N1CCC[C@@H](c2ccnc3ncnn23)C1. The second kappa shape index (κ2) is 5.49. The number of rotatable bonds is 2. The number of aromatic nitrogens is 4. The fourth-order valence-electron chi connectivity index (χ4n) is 3.02. The van der Waals surface area contributed by atoms with E-state index < -0.39 is 0 Å². The maximum absolute atomic E-state index is 12.5. The van der Waals surface area contributed by atoms with E-state index in [1.54, 1.807) is 10.7 Å². The van der Waals surface area contributed by atoms with Crippen molar-refractivity contribution in [2.45, 2.75) is 18.8 Å². The summed E-state index contributed by atoms with van der Waals surface area (Å²) in [6, 6.07) is 5.78. The van der Waals surface area contributed by atoms with Gasteiger partial charge in [-0.05, 0) is 30.4 Å². The highest BCUT2D eigenvalue weighted by Gasteiger charge is 2.27. The lowest BCUT2D eigenvalue weighted by atomic mass is 9.94. The molecule has 1 amide bonds. The van der Waals surface area contributed by atoms with Gasteiger partial charge in [0.25, 0.3) is 11.7 Å². The van der Waals surface area contributed by atoms with Crippen LogP contribution in [0.3, 0.4) is 0 Å². The zero-order valence-electron chi connectivity index (χ0n) is 11.9. The molecule has 0 N–H and O–H groups in total. The second-order valence-electron chi connectivity index (χ2n) is 5.41. The Morgan fingerprint density at radius 1 is 1.32 bits per heavy atom. The van der Waals surface area contributed by atoms with Crippen LogP contribution in [0.1, 0.15) is 34.1 Å². The molecule has 6 nitrogen and oxygen atoms in total. The average Bonchev–Trinajstić information content (AvgIpc) is 3.25. The first kappa shape index (κ1) is 13.4. The van der Waals surface area contributed by atoms with Crippen molar-refractivity contribution in [1.29, 1.82) is 0 Å². The Morgan fingerprint density at radius 3 is 3.14 bits per heavy atom. The highest BCUT2D eigenvalue weighted by atomic mass is 32.1. The van der Waals surface area contributed by atoms with E-state index in [9.17, 15) is 4.79 Å². The normalized spacial score (nSPS) is 18.7. The smallest absolute Gasteiger partial charge is 0.263 e. The van der Waals surface area contributed by atoms with E-state index in [2.05, 4.69) is 15.1 Å². The summed E-state index contributed by atoms with van der Waals surface area (Å²) in [5.74, 6) is 1.01. The number of nitrogens with zero attached hydrogens (tertiary/aromatic N) is 5. The Labute approximate surface area is 131 Å². The van der Waals surface area contributed by atoms with Crippen LogP contribution in [0.5, 0.6) is 0 Å². The number of carbonyl (C=O) groups is 1. The van der Waals surface area contributed by atoms with E-state index in [0.29, 0.717) is 5.78 Å². The topological polar surface area (TPSA) is 63.4 Å². The van der Waals surface area contributed by atoms with Crippen LogP contribution in [-0.4, -0.2) is 43.5 Å². The predicted octanol–water partition coefficient (Wildman–Crippen LogP) is 2.21. The van der Waals surface area contributed by atoms with Crippen molar-refractivity contribution in [3.8, 4) is 0 Å². The number of fused-ring (bicyclic) bond motifs is 1. The summed E-state index contributed by atoms with van der Waals surface area (Å²) in [6.45, 7) is 1.54. The molecule has 4 rings (SSSR count). The van der Waals surface area contributed by atoms with Crippen LogP contribution < -0.4 is 0 Å². The van der Waals surface area contributed by atoms with E-state index in [4.69, 9.17) is 0 Å². The van der Waals surface area contributed by atoms with Gasteiger partial charge in [-0.2, -0.15) is 10.1 Å². The molecule has 4 heterocycles. The van der Waals surface area contributed by atoms with Crippen LogP contribution in [0.15, 0.2) is 36.1 Å². The van der Waals surface area contributed by atoms with Crippen molar-refractivity contribution in [3.05, 3.63) is 46.7 Å². The minimum Gasteiger partial charge on any atom is -0.337 e. The second-order valence-corrected chi connectivity index (χ2v) is 6.36. The molecule has 1 atom stereocenters. The molecule has 0 aromatic carbocycles. The van der Waals surface area contributed by atoms with Crippen molar-refractivity contribution in [3.63, 3.8) is 0 Å². The van der Waals surface area contributed by atoms with E-state index in [1.807, 2.05) is 28.5 Å². The van der Waals surface area contributed by atoms with Crippen LogP contribution in [0.4, 0.5) is 0 Å². The Bertz CT molecular complexity index is 797. The van der Waals surface area contributed by atoms with Gasteiger partial charge in [0.1, 0.15) is 6.33 Å². The van der Waals surface area contributed by atoms with Gasteiger partial charge in [0, 0.05) is 25.2 Å². The number of thiophene rings is 1. The lowest BCUT2D eigenvalue weighted by Crippen LogP contribution is -2.39. The molecule has 1 aliphatic heterocycles. The van der Waals surface area contributed by atoms with Crippen molar-refractivity contribution in [2.24, 2.45) is 0 Å². The highest BCUT2D eigenvalue weighted by Crippen LogP contribution is 2.28. The zero-order chi connectivity index (χ0) is 14.9. The number of hydrogen-bond acceptors (Lipinski definition) is 5. The van der Waals surface area contributed by atoms with Crippen molar-refractivity contribution in [2.75, 3.05) is 13.1 Å². The quantitative estimate of drug-likeness (QED) is 0.727. The molecule has 3 aromatic heterocycles. The monoisotopic (exact) mass is 313 g/mol. The van der Waals surface area contributed by atoms with Crippen molar-refractivity contribution in [1.82, 2.24) is 24.5 Å². The van der Waals surface area contributed by atoms with Gasteiger partial charge < -0.3 is 4.90 Å². The molecule has 7 heteroatoms. The average molecular weight is 313 g/mol. The van der Waals surface area contributed by atoms with E-state index in [-0.39, 0.29) is 11.8 Å². The molecule has 1 aliphatic rings. The number of hydrogen-bond donors (Lipinski definition) is 0. The summed E-state index contributed by atoms with van der Waals surface area (Å²) < 4.78 is 1.78. The first-order chi connectivity index (χ1) is 10.8. The molecule has 22 heavy (non-hydrogen) atoms. The maximum atomic E-state index is 12.5. The summed E-state index contributed by atoms with van der Waals surface area (Å²) in [5.41, 5.74) is 1.08. The molecule has 0 radical (unpaired) electrons. The fraction of sp³-hybridized carbons (Fsp3) is 0.333. The summed E-state index contributed by atoms with van der Waals surface area (Å²) in [7, 11) is 0. The summed E-state index contributed by atoms with van der Waals surface area (Å²) in [4.78, 5) is 23.6. The zero-order valence-corrected chi connectivity index (χ0v) is 12.7. The molecule has 1 fully saturated rings. The van der Waals surface area contributed by atoms with Gasteiger partial charge in [-0.3, -0.25) is 4.79 Å². The molecule has 0 saturated carbocycles. The third-order valence-electron chi connectivity index (χ3n) is 4.07. The third kappa shape index (κ3) is 2.27. The van der Waals surface area contributed by atoms with E-state index >= 15 is 0 Å². The van der Waals surface area contributed by atoms with Gasteiger partial charge in [0.2, 0.25) is 0 Å². The van der Waals surface area contributed by atoms with Gasteiger partial charge in [0.15, 0.2) is 0 Å². The molecule has 1 saturated heterocycles. The molecular formula is C15H15N5OS. The first-order valence-electron chi connectivity index (χ1n) is 7.30. The minimum absolute atomic E-state index is 0.128. The fourth-order valence-corrected chi connectivity index (χ4v) is 3.72. The van der Waals surface area contributed by atoms with Gasteiger partial charge >= 0.3 is 0 Å². The van der Waals surface area contributed by atoms with Gasteiger partial charge in [-0.15, -0.1) is 11.3 Å². The van der Waals surface area contributed by atoms with Gasteiger partial charge in [-0.1, -0.05) is 6.07 Å². The molecule has 0 aliphatic carbocycles. The Hall–Kier alpha value is -2.28. The molecule has 112 valence electrons. The Morgan fingerprint density at radius 2 is 2.27 bits per heavy atom. The lowest BCUT2D eigenvalue weighted by molar-refractivity contribution is 0.0710. The highest BCUT2D eigenvalue weighted by molar-refractivity contribution is 7.12. The molecule has 0 unspecified atom stereocenters. The maximum Gasteiger partial charge on any atom is 0.263 e. The largest absolute Gasteiger partial charge is 0.337 e. The minimum atomic E-state index is 0.128. The number of carbonyl (C=O) groups excluding carboxylic acids is 1. The van der Waals surface area contributed by atoms with Gasteiger partial charge in [0.05, 0.1) is 10.6 Å². The van der Waals surface area contributed by atoms with Crippen LogP contribution >= 0.6 is 11.3 Å². The van der Waals surface area contributed by atoms with Gasteiger partial charge in [-0.25, -0.2) is 9.50 Å². The molecule has 3 aromatic rings. The number of likely N-dealkylation sites (tertiary alicyclic amines) is 1. The number of amides is 1. The van der Waals surface area contributed by atoms with Crippen LogP contribution in [-0.2, 0) is 0 Å². The number of piperidine rings is 1. The molecule has 0 bridgehead atoms. The van der Waals surface area contributed by atoms with Crippen LogP contribution in [0, 0.1) is 0 Å². The Kier molecular flexibility index (Phi) is 3.34. The van der Waals surface area contributed by atoms with Crippen LogP contribution in [0.2, 0.25) is 0 Å². The summed E-state index contributed by atoms with van der Waals surface area (Å²) >= 11 is 1.50.